The number of rotatable bonds is 3. The summed E-state index contributed by atoms with van der Waals surface area (Å²) in [4.78, 5) is 2.36. The first-order valence-electron chi connectivity index (χ1n) is 11.9. The second-order valence-electron chi connectivity index (χ2n) is 9.13. The number of benzene rings is 6. The summed E-state index contributed by atoms with van der Waals surface area (Å²) in [6.45, 7) is 2.14. The van der Waals surface area contributed by atoms with Gasteiger partial charge in [0.05, 0.1) is 5.69 Å². The molecule has 166 valence electrons. The zero-order valence-electron chi connectivity index (χ0n) is 19.4. The van der Waals surface area contributed by atoms with Crippen LogP contribution in [0.1, 0.15) is 5.56 Å². The molecule has 0 N–H and O–H groups in total. The Labute approximate surface area is 203 Å². The van der Waals surface area contributed by atoms with Crippen LogP contribution in [0.15, 0.2) is 126 Å². The lowest BCUT2D eigenvalue weighted by molar-refractivity contribution is 0.673. The van der Waals surface area contributed by atoms with E-state index in [4.69, 9.17) is 4.42 Å². The molecule has 0 atom stereocenters. The molecule has 0 radical (unpaired) electrons. The number of anilines is 3. The first-order valence-corrected chi connectivity index (χ1v) is 11.9. The maximum atomic E-state index is 6.52. The summed E-state index contributed by atoms with van der Waals surface area (Å²) >= 11 is 0. The van der Waals surface area contributed by atoms with Crippen molar-refractivity contribution in [2.45, 2.75) is 6.92 Å². The van der Waals surface area contributed by atoms with E-state index in [1.54, 1.807) is 0 Å². The summed E-state index contributed by atoms with van der Waals surface area (Å²) in [6.07, 6.45) is 0. The van der Waals surface area contributed by atoms with Crippen molar-refractivity contribution in [2.24, 2.45) is 0 Å². The molecule has 0 bridgehead atoms. The highest BCUT2D eigenvalue weighted by atomic mass is 16.3. The molecule has 0 unspecified atom stereocenters. The van der Waals surface area contributed by atoms with Crippen molar-refractivity contribution in [3.8, 4) is 0 Å². The molecule has 1 heterocycles. The third-order valence-corrected chi connectivity index (χ3v) is 6.84. The van der Waals surface area contributed by atoms with Gasteiger partial charge < -0.3 is 9.32 Å². The average molecular weight is 450 g/mol. The van der Waals surface area contributed by atoms with Crippen LogP contribution in [0, 0.1) is 6.92 Å². The fraction of sp³-hybridized carbons (Fsp3) is 0.0303. The largest absolute Gasteiger partial charge is 0.455 e. The first kappa shape index (κ1) is 19.9. The normalized spacial score (nSPS) is 11.6. The molecule has 0 spiro atoms. The molecule has 0 amide bonds. The summed E-state index contributed by atoms with van der Waals surface area (Å²) in [6, 6.07) is 43.0. The van der Waals surface area contributed by atoms with Gasteiger partial charge in [-0.15, -0.1) is 0 Å². The second kappa shape index (κ2) is 7.75. The molecule has 0 saturated carbocycles. The van der Waals surface area contributed by atoms with Gasteiger partial charge >= 0.3 is 0 Å². The van der Waals surface area contributed by atoms with E-state index >= 15 is 0 Å². The highest BCUT2D eigenvalue weighted by molar-refractivity contribution is 6.21. The number of hydrogen-bond donors (Lipinski definition) is 0. The predicted octanol–water partition coefficient (Wildman–Crippen LogP) is 9.67. The van der Waals surface area contributed by atoms with E-state index in [9.17, 15) is 0 Å². The van der Waals surface area contributed by atoms with Gasteiger partial charge in [0.1, 0.15) is 11.2 Å². The number of aryl methyl sites for hydroxylation is 1. The predicted molar refractivity (Wildman–Crippen MR) is 148 cm³/mol. The second-order valence-corrected chi connectivity index (χ2v) is 9.13. The van der Waals surface area contributed by atoms with Gasteiger partial charge in [-0.1, -0.05) is 78.9 Å². The van der Waals surface area contributed by atoms with Crippen molar-refractivity contribution in [1.29, 1.82) is 0 Å². The van der Waals surface area contributed by atoms with Crippen LogP contribution in [-0.4, -0.2) is 0 Å². The van der Waals surface area contributed by atoms with E-state index in [-0.39, 0.29) is 0 Å². The molecule has 0 aliphatic heterocycles. The van der Waals surface area contributed by atoms with Crippen molar-refractivity contribution in [1.82, 2.24) is 0 Å². The Hall–Kier alpha value is -4.56. The van der Waals surface area contributed by atoms with E-state index in [2.05, 4.69) is 133 Å². The minimum atomic E-state index is 0.919. The molecule has 7 rings (SSSR count). The minimum absolute atomic E-state index is 0.919. The number of para-hydroxylation sites is 1. The number of hydrogen-bond acceptors (Lipinski definition) is 2. The zero-order valence-corrected chi connectivity index (χ0v) is 19.4. The molecule has 6 aromatic carbocycles. The Kier molecular flexibility index (Phi) is 4.40. The summed E-state index contributed by atoms with van der Waals surface area (Å²) in [5.74, 6) is 0. The average Bonchev–Trinajstić information content (AvgIpc) is 3.26. The Morgan fingerprint density at radius 3 is 2.00 bits per heavy atom. The van der Waals surface area contributed by atoms with Crippen molar-refractivity contribution in [3.63, 3.8) is 0 Å². The van der Waals surface area contributed by atoms with Crippen LogP contribution in [0.2, 0.25) is 0 Å². The summed E-state index contributed by atoms with van der Waals surface area (Å²) < 4.78 is 6.52. The molecule has 0 saturated heterocycles. The van der Waals surface area contributed by atoms with Crippen LogP contribution in [0.3, 0.4) is 0 Å². The van der Waals surface area contributed by atoms with Gasteiger partial charge in [-0.2, -0.15) is 0 Å². The number of fused-ring (bicyclic) bond motifs is 6. The minimum Gasteiger partial charge on any atom is -0.455 e. The molecular weight excluding hydrogens is 426 g/mol. The van der Waals surface area contributed by atoms with E-state index in [1.165, 1.54) is 16.3 Å². The van der Waals surface area contributed by atoms with Gasteiger partial charge in [-0.25, -0.2) is 0 Å². The summed E-state index contributed by atoms with van der Waals surface area (Å²) in [5.41, 5.74) is 6.49. The molecule has 0 aliphatic rings. The van der Waals surface area contributed by atoms with E-state index < -0.39 is 0 Å². The molecule has 2 nitrogen and oxygen atoms in total. The monoisotopic (exact) mass is 449 g/mol. The zero-order chi connectivity index (χ0) is 23.4. The van der Waals surface area contributed by atoms with Crippen molar-refractivity contribution in [2.75, 3.05) is 4.90 Å². The van der Waals surface area contributed by atoms with Crippen molar-refractivity contribution < 1.29 is 4.42 Å². The topological polar surface area (TPSA) is 16.4 Å². The lowest BCUT2D eigenvalue weighted by Gasteiger charge is -2.27. The van der Waals surface area contributed by atoms with Crippen LogP contribution in [0.5, 0.6) is 0 Å². The van der Waals surface area contributed by atoms with Crippen LogP contribution < -0.4 is 4.90 Å². The Morgan fingerprint density at radius 1 is 0.514 bits per heavy atom. The summed E-state index contributed by atoms with van der Waals surface area (Å²) in [5, 5.41) is 6.96. The lowest BCUT2D eigenvalue weighted by Crippen LogP contribution is -2.10. The fourth-order valence-electron chi connectivity index (χ4n) is 5.22. The van der Waals surface area contributed by atoms with Gasteiger partial charge in [0.2, 0.25) is 0 Å². The smallest absolute Gasteiger partial charge is 0.143 e. The van der Waals surface area contributed by atoms with Gasteiger partial charge in [0.25, 0.3) is 0 Å². The van der Waals surface area contributed by atoms with Gasteiger partial charge in [-0.05, 0) is 65.7 Å². The van der Waals surface area contributed by atoms with Crippen LogP contribution in [0.4, 0.5) is 17.1 Å². The first-order chi connectivity index (χ1) is 17.3. The maximum absolute atomic E-state index is 6.52. The molecule has 1 aromatic heterocycles. The Bertz CT molecular complexity index is 1860. The quantitative estimate of drug-likeness (QED) is 0.267. The molecular formula is C33H23NO. The Morgan fingerprint density at radius 2 is 1.20 bits per heavy atom. The molecule has 2 heteroatoms. The van der Waals surface area contributed by atoms with Crippen molar-refractivity contribution in [3.05, 3.63) is 127 Å². The molecule has 0 aliphatic carbocycles. The maximum Gasteiger partial charge on any atom is 0.143 e. The number of nitrogens with zero attached hydrogens (tertiary/aromatic N) is 1. The third-order valence-electron chi connectivity index (χ3n) is 6.84. The highest BCUT2D eigenvalue weighted by Gasteiger charge is 2.20. The van der Waals surface area contributed by atoms with Crippen LogP contribution in [-0.2, 0) is 0 Å². The summed E-state index contributed by atoms with van der Waals surface area (Å²) in [7, 11) is 0. The molecule has 0 fully saturated rings. The third kappa shape index (κ3) is 3.18. The van der Waals surface area contributed by atoms with Gasteiger partial charge in [-0.3, -0.25) is 0 Å². The van der Waals surface area contributed by atoms with Crippen LogP contribution in [0.25, 0.3) is 43.5 Å². The van der Waals surface area contributed by atoms with Crippen molar-refractivity contribution >= 4 is 60.5 Å². The van der Waals surface area contributed by atoms with E-state index in [0.717, 1.165) is 49.8 Å². The number of furan rings is 1. The fourth-order valence-corrected chi connectivity index (χ4v) is 5.22. The SMILES string of the molecule is Cc1cccc(N(c2ccccc2)c2cc3c4cc5ccccc5cc4oc3c3ccccc23)c1. The van der Waals surface area contributed by atoms with E-state index in [0.29, 0.717) is 0 Å². The Balaban J connectivity index is 1.61. The molecule has 35 heavy (non-hydrogen) atoms. The standard InChI is InChI=1S/C33H23NO/c1-22-10-9-15-26(18-22)34(25-13-3-2-4-14-25)31-21-30-29-19-23-11-5-6-12-24(23)20-32(29)35-33(30)28-17-8-7-16-27(28)31/h2-21H,1H3. The molecule has 7 aromatic rings. The lowest BCUT2D eigenvalue weighted by atomic mass is 10.0. The van der Waals surface area contributed by atoms with Crippen LogP contribution >= 0.6 is 0 Å². The van der Waals surface area contributed by atoms with Gasteiger partial charge in [0, 0.05) is 32.9 Å². The van der Waals surface area contributed by atoms with E-state index in [1.807, 2.05) is 0 Å². The van der Waals surface area contributed by atoms with Gasteiger partial charge in [0.15, 0.2) is 0 Å². The highest BCUT2D eigenvalue weighted by Crippen LogP contribution is 2.44.